The molecule has 0 spiro atoms. The minimum absolute atomic E-state index is 0.112. The molecular weight excluding hydrogens is 516 g/mol. The number of imide groups is 2. The van der Waals surface area contributed by atoms with Crippen molar-refractivity contribution in [1.29, 1.82) is 0 Å². The van der Waals surface area contributed by atoms with Crippen molar-refractivity contribution in [3.05, 3.63) is 77.4 Å². The molecular formula is C34H40N2O5. The quantitative estimate of drug-likeness (QED) is 0.108. The molecule has 3 aromatic carbocycles. The van der Waals surface area contributed by atoms with Crippen molar-refractivity contribution in [2.24, 2.45) is 0 Å². The Morgan fingerprint density at radius 3 is 1.90 bits per heavy atom. The van der Waals surface area contributed by atoms with Crippen molar-refractivity contribution in [2.75, 3.05) is 6.61 Å². The molecule has 4 rings (SSSR count). The molecule has 41 heavy (non-hydrogen) atoms. The van der Waals surface area contributed by atoms with Crippen molar-refractivity contribution in [3.8, 4) is 11.5 Å². The molecule has 1 saturated heterocycles. The van der Waals surface area contributed by atoms with Gasteiger partial charge in [-0.3, -0.25) is 20.2 Å². The zero-order valence-corrected chi connectivity index (χ0v) is 23.9. The standard InChI is InChI=1S/C34H40N2O5/c1-2-3-4-5-6-7-8-9-10-11-20-40-29-17-13-25(14-18-29)24-41-30-19-16-27-21-26(12-15-28(27)23-30)22-31-32(37)35-34(39)36-33(31)38/h12-19,21-23H,2-11,20,24H2,1H3,(H2,35,36,37,38,39). The molecule has 7 nitrogen and oxygen atoms in total. The lowest BCUT2D eigenvalue weighted by Crippen LogP contribution is -2.51. The molecule has 1 aliphatic heterocycles. The van der Waals surface area contributed by atoms with Gasteiger partial charge in [-0.05, 0) is 64.7 Å². The van der Waals surface area contributed by atoms with Gasteiger partial charge in [-0.2, -0.15) is 0 Å². The minimum atomic E-state index is -0.813. The lowest BCUT2D eigenvalue weighted by atomic mass is 10.0. The van der Waals surface area contributed by atoms with Gasteiger partial charge in [0.2, 0.25) is 0 Å². The normalized spacial score (nSPS) is 13.2. The number of carbonyl (C=O) groups excluding carboxylic acids is 3. The molecule has 0 aliphatic carbocycles. The second kappa shape index (κ2) is 15.6. The fraction of sp³-hybridized carbons (Fsp3) is 0.382. The summed E-state index contributed by atoms with van der Waals surface area (Å²) in [4.78, 5) is 35.2. The van der Waals surface area contributed by atoms with Gasteiger partial charge in [0, 0.05) is 0 Å². The second-order valence-corrected chi connectivity index (χ2v) is 10.5. The van der Waals surface area contributed by atoms with Gasteiger partial charge in [0.25, 0.3) is 11.8 Å². The summed E-state index contributed by atoms with van der Waals surface area (Å²) < 4.78 is 11.9. The van der Waals surface area contributed by atoms with E-state index in [2.05, 4.69) is 17.6 Å². The third kappa shape index (κ3) is 9.48. The molecule has 3 aromatic rings. The number of amides is 4. The highest BCUT2D eigenvalue weighted by Crippen LogP contribution is 2.24. The number of rotatable bonds is 16. The summed E-state index contributed by atoms with van der Waals surface area (Å²) in [7, 11) is 0. The van der Waals surface area contributed by atoms with Gasteiger partial charge in [0.15, 0.2) is 0 Å². The Hall–Kier alpha value is -4.13. The summed E-state index contributed by atoms with van der Waals surface area (Å²) in [6.07, 6.45) is 14.6. The van der Waals surface area contributed by atoms with E-state index in [0.29, 0.717) is 12.2 Å². The van der Waals surface area contributed by atoms with E-state index in [1.165, 1.54) is 63.9 Å². The largest absolute Gasteiger partial charge is 0.494 e. The van der Waals surface area contributed by atoms with Crippen LogP contribution in [0.3, 0.4) is 0 Å². The summed E-state index contributed by atoms with van der Waals surface area (Å²) in [5.74, 6) is 0.206. The zero-order chi connectivity index (χ0) is 28.9. The monoisotopic (exact) mass is 556 g/mol. The van der Waals surface area contributed by atoms with Gasteiger partial charge in [0.05, 0.1) is 6.61 Å². The van der Waals surface area contributed by atoms with Gasteiger partial charge >= 0.3 is 6.03 Å². The Bertz CT molecular complexity index is 1340. The maximum atomic E-state index is 12.0. The molecule has 0 atom stereocenters. The number of nitrogens with one attached hydrogen (secondary N) is 2. The van der Waals surface area contributed by atoms with E-state index in [1.54, 1.807) is 0 Å². The Labute approximate surface area is 242 Å². The maximum Gasteiger partial charge on any atom is 0.328 e. The van der Waals surface area contributed by atoms with Crippen LogP contribution in [0.2, 0.25) is 0 Å². The molecule has 1 fully saturated rings. The average molecular weight is 557 g/mol. The summed E-state index contributed by atoms with van der Waals surface area (Å²) in [5, 5.41) is 6.06. The van der Waals surface area contributed by atoms with E-state index < -0.39 is 17.8 Å². The number of carbonyl (C=O) groups is 3. The molecule has 1 heterocycles. The summed E-state index contributed by atoms with van der Waals surface area (Å²) >= 11 is 0. The average Bonchev–Trinajstić information content (AvgIpc) is 2.97. The highest BCUT2D eigenvalue weighted by Gasteiger charge is 2.27. The lowest BCUT2D eigenvalue weighted by molar-refractivity contribution is -0.123. The number of hydrogen-bond acceptors (Lipinski definition) is 5. The van der Waals surface area contributed by atoms with E-state index in [-0.39, 0.29) is 5.57 Å². The molecule has 2 N–H and O–H groups in total. The van der Waals surface area contributed by atoms with Crippen LogP contribution in [0.1, 0.15) is 82.3 Å². The van der Waals surface area contributed by atoms with Gasteiger partial charge in [-0.15, -0.1) is 0 Å². The van der Waals surface area contributed by atoms with Crippen molar-refractivity contribution in [2.45, 2.75) is 77.7 Å². The Morgan fingerprint density at radius 2 is 1.22 bits per heavy atom. The minimum Gasteiger partial charge on any atom is -0.494 e. The molecule has 0 aromatic heterocycles. The van der Waals surface area contributed by atoms with E-state index >= 15 is 0 Å². The molecule has 216 valence electrons. The zero-order valence-electron chi connectivity index (χ0n) is 23.9. The fourth-order valence-electron chi connectivity index (χ4n) is 4.82. The summed E-state index contributed by atoms with van der Waals surface area (Å²) in [6, 6.07) is 18.6. The molecule has 4 amide bonds. The van der Waals surface area contributed by atoms with Gasteiger partial charge < -0.3 is 9.47 Å². The van der Waals surface area contributed by atoms with Crippen molar-refractivity contribution >= 4 is 34.7 Å². The Kier molecular flexibility index (Phi) is 11.4. The smallest absolute Gasteiger partial charge is 0.328 e. The molecule has 0 radical (unpaired) electrons. The molecule has 1 aliphatic rings. The van der Waals surface area contributed by atoms with E-state index in [1.807, 2.05) is 60.7 Å². The van der Waals surface area contributed by atoms with Gasteiger partial charge in [-0.25, -0.2) is 4.79 Å². The van der Waals surface area contributed by atoms with E-state index in [0.717, 1.165) is 40.9 Å². The highest BCUT2D eigenvalue weighted by atomic mass is 16.5. The van der Waals surface area contributed by atoms with Crippen LogP contribution in [0.15, 0.2) is 66.2 Å². The predicted octanol–water partition coefficient (Wildman–Crippen LogP) is 7.47. The third-order valence-corrected chi connectivity index (χ3v) is 7.19. The van der Waals surface area contributed by atoms with Crippen LogP contribution >= 0.6 is 0 Å². The Balaban J connectivity index is 1.18. The molecule has 0 saturated carbocycles. The maximum absolute atomic E-state index is 12.0. The number of barbiturate groups is 1. The number of benzene rings is 3. The van der Waals surface area contributed by atoms with Crippen molar-refractivity contribution in [1.82, 2.24) is 10.6 Å². The first kappa shape index (κ1) is 29.8. The molecule has 0 bridgehead atoms. The number of hydrogen-bond donors (Lipinski definition) is 2. The summed E-state index contributed by atoms with van der Waals surface area (Å²) in [5.41, 5.74) is 1.62. The topological polar surface area (TPSA) is 93.7 Å². The number of fused-ring (bicyclic) bond motifs is 1. The predicted molar refractivity (Wildman–Crippen MR) is 162 cm³/mol. The Morgan fingerprint density at radius 1 is 0.634 bits per heavy atom. The molecule has 0 unspecified atom stereocenters. The first-order valence-electron chi connectivity index (χ1n) is 14.8. The number of urea groups is 1. The number of unbranched alkanes of at least 4 members (excludes halogenated alkanes) is 9. The van der Waals surface area contributed by atoms with Crippen molar-refractivity contribution in [3.63, 3.8) is 0 Å². The van der Waals surface area contributed by atoms with E-state index in [4.69, 9.17) is 9.47 Å². The third-order valence-electron chi connectivity index (χ3n) is 7.19. The lowest BCUT2D eigenvalue weighted by Gasteiger charge is -2.14. The van der Waals surface area contributed by atoms with Crippen LogP contribution in [-0.2, 0) is 16.2 Å². The van der Waals surface area contributed by atoms with E-state index in [9.17, 15) is 14.4 Å². The summed E-state index contributed by atoms with van der Waals surface area (Å²) in [6.45, 7) is 3.45. The van der Waals surface area contributed by atoms with Gasteiger partial charge in [0.1, 0.15) is 23.7 Å². The van der Waals surface area contributed by atoms with Crippen molar-refractivity contribution < 1.29 is 23.9 Å². The first-order chi connectivity index (χ1) is 20.0. The number of ether oxygens (including phenoxy) is 2. The van der Waals surface area contributed by atoms with Crippen LogP contribution < -0.4 is 20.1 Å². The first-order valence-corrected chi connectivity index (χ1v) is 14.8. The SMILES string of the molecule is CCCCCCCCCCCCOc1ccc(COc2ccc3cc(C=C4C(=O)NC(=O)NC4=O)ccc3c2)cc1. The second-order valence-electron chi connectivity index (χ2n) is 10.5. The van der Waals surface area contributed by atoms with Crippen LogP contribution in [0.5, 0.6) is 11.5 Å². The highest BCUT2D eigenvalue weighted by molar-refractivity contribution is 6.31. The van der Waals surface area contributed by atoms with Crippen LogP contribution in [-0.4, -0.2) is 24.5 Å². The van der Waals surface area contributed by atoms with Gasteiger partial charge in [-0.1, -0.05) is 95.0 Å². The van der Waals surface area contributed by atoms with Crippen LogP contribution in [0.4, 0.5) is 4.79 Å². The molecule has 7 heteroatoms. The fourth-order valence-corrected chi connectivity index (χ4v) is 4.82. The van der Waals surface area contributed by atoms with Crippen LogP contribution in [0, 0.1) is 0 Å². The van der Waals surface area contributed by atoms with Crippen LogP contribution in [0.25, 0.3) is 16.8 Å².